The average molecular weight is 318 g/mol. The normalized spacial score (nSPS) is 32.2. The quantitative estimate of drug-likeness (QED) is 0.373. The van der Waals surface area contributed by atoms with Crippen LogP contribution in [0.3, 0.4) is 0 Å². The summed E-state index contributed by atoms with van der Waals surface area (Å²) in [6.07, 6.45) is -7.76. The molecule has 10 heteroatoms. The second-order valence-corrected chi connectivity index (χ2v) is 5.19. The number of rotatable bonds is 2. The zero-order valence-electron chi connectivity index (χ0n) is 11.9. The minimum atomic E-state index is -1.73. The lowest BCUT2D eigenvalue weighted by Crippen LogP contribution is -2.56. The van der Waals surface area contributed by atoms with Crippen LogP contribution in [0.1, 0.15) is 11.7 Å². The van der Waals surface area contributed by atoms with E-state index in [2.05, 4.69) is 0 Å². The van der Waals surface area contributed by atoms with Crippen LogP contribution in [0.4, 0.5) is 0 Å². The Morgan fingerprint density at radius 3 is 2.18 bits per heavy atom. The Morgan fingerprint density at radius 1 is 1.05 bits per heavy atom. The summed E-state index contributed by atoms with van der Waals surface area (Å²) >= 11 is 0. The van der Waals surface area contributed by atoms with Gasteiger partial charge in [0.1, 0.15) is 36.1 Å². The van der Waals surface area contributed by atoms with E-state index >= 15 is 0 Å². The van der Waals surface area contributed by atoms with Crippen molar-refractivity contribution in [2.45, 2.75) is 30.5 Å². The molecule has 0 radical (unpaired) electrons. The van der Waals surface area contributed by atoms with E-state index in [-0.39, 0.29) is 0 Å². The Balaban J connectivity index is 2.61. The van der Waals surface area contributed by atoms with Gasteiger partial charge in [-0.1, -0.05) is 0 Å². The van der Waals surface area contributed by atoms with E-state index in [1.165, 1.54) is 14.1 Å². The van der Waals surface area contributed by atoms with Gasteiger partial charge in [-0.05, 0) is 0 Å². The molecule has 0 aliphatic carbocycles. The number of ether oxygens (including phenoxy) is 1. The molecule has 1 aliphatic rings. The zero-order valence-corrected chi connectivity index (χ0v) is 11.9. The highest BCUT2D eigenvalue weighted by molar-refractivity contribution is 5.27. The molecule has 124 valence electrons. The Labute approximate surface area is 124 Å². The molecular formula is C12H18N2O8. The van der Waals surface area contributed by atoms with E-state index in [1.54, 1.807) is 0 Å². The van der Waals surface area contributed by atoms with Crippen molar-refractivity contribution in [3.8, 4) is 5.88 Å². The number of aromatic nitrogens is 2. The van der Waals surface area contributed by atoms with Gasteiger partial charge in [-0.25, -0.2) is 4.79 Å². The molecule has 22 heavy (non-hydrogen) atoms. The van der Waals surface area contributed by atoms with Crippen molar-refractivity contribution in [1.82, 2.24) is 9.13 Å². The molecule has 0 bridgehead atoms. The van der Waals surface area contributed by atoms with Crippen LogP contribution in [0.15, 0.2) is 9.59 Å². The highest BCUT2D eigenvalue weighted by Gasteiger charge is 2.46. The summed E-state index contributed by atoms with van der Waals surface area (Å²) in [5, 5.41) is 48.6. The molecule has 1 saturated heterocycles. The van der Waals surface area contributed by atoms with Gasteiger partial charge in [-0.15, -0.1) is 0 Å². The van der Waals surface area contributed by atoms with Gasteiger partial charge in [0.05, 0.1) is 6.61 Å². The number of hydrogen-bond donors (Lipinski definition) is 5. The summed E-state index contributed by atoms with van der Waals surface area (Å²) in [6, 6.07) is 0. The lowest BCUT2D eigenvalue weighted by molar-refractivity contribution is -0.232. The van der Waals surface area contributed by atoms with Crippen molar-refractivity contribution >= 4 is 0 Å². The predicted octanol–water partition coefficient (Wildman–Crippen LogP) is -3.70. The predicted molar refractivity (Wildman–Crippen MR) is 71.3 cm³/mol. The molecular weight excluding hydrogens is 300 g/mol. The maximum atomic E-state index is 12.2. The van der Waals surface area contributed by atoms with Crippen molar-refractivity contribution in [2.24, 2.45) is 14.1 Å². The SMILES string of the molecule is Cn1c(O)c(C2O[C@H](CO)[C@@H](O)[C@H](O)[C@H]2O)c(=O)n(C)c1=O. The number of aromatic hydroxyl groups is 1. The molecule has 10 nitrogen and oxygen atoms in total. The molecule has 5 N–H and O–H groups in total. The van der Waals surface area contributed by atoms with E-state index in [4.69, 9.17) is 9.84 Å². The van der Waals surface area contributed by atoms with Crippen molar-refractivity contribution in [3.05, 3.63) is 26.4 Å². The molecule has 1 aromatic heterocycles. The molecule has 1 aliphatic heterocycles. The fraction of sp³-hybridized carbons (Fsp3) is 0.667. The molecule has 2 heterocycles. The van der Waals surface area contributed by atoms with E-state index in [1.807, 2.05) is 0 Å². The van der Waals surface area contributed by atoms with E-state index in [0.29, 0.717) is 4.57 Å². The lowest BCUT2D eigenvalue weighted by Gasteiger charge is -2.40. The van der Waals surface area contributed by atoms with Crippen LogP contribution in [0.5, 0.6) is 5.88 Å². The fourth-order valence-corrected chi connectivity index (χ4v) is 2.45. The minimum Gasteiger partial charge on any atom is -0.494 e. The van der Waals surface area contributed by atoms with Crippen LogP contribution >= 0.6 is 0 Å². The van der Waals surface area contributed by atoms with E-state index < -0.39 is 59.8 Å². The molecule has 0 amide bonds. The smallest absolute Gasteiger partial charge is 0.333 e. The Hall–Kier alpha value is -1.72. The van der Waals surface area contributed by atoms with Gasteiger partial charge in [0.15, 0.2) is 0 Å². The number of aliphatic hydroxyl groups excluding tert-OH is 4. The number of hydrogen-bond acceptors (Lipinski definition) is 8. The summed E-state index contributed by atoms with van der Waals surface area (Å²) in [6.45, 7) is -0.672. The standard InChI is InChI=1S/C12H18N2O8/c1-13-10(19)5(11(20)14(2)12(13)21)9-8(18)7(17)6(16)4(3-15)22-9/h4,6-9,15-19H,3H2,1-2H3/t4-,6-,7+,8-,9?/m1/s1. The monoisotopic (exact) mass is 318 g/mol. The summed E-state index contributed by atoms with van der Waals surface area (Å²) in [5.41, 5.74) is -2.14. The molecule has 0 aromatic carbocycles. The van der Waals surface area contributed by atoms with Crippen LogP contribution in [0, 0.1) is 0 Å². The Kier molecular flexibility index (Phi) is 4.40. The van der Waals surface area contributed by atoms with Crippen LogP contribution in [0.25, 0.3) is 0 Å². The summed E-state index contributed by atoms with van der Waals surface area (Å²) in [5.74, 6) is -0.725. The van der Waals surface area contributed by atoms with Gasteiger partial charge < -0.3 is 30.3 Å². The largest absolute Gasteiger partial charge is 0.494 e. The van der Waals surface area contributed by atoms with Crippen molar-refractivity contribution < 1.29 is 30.3 Å². The molecule has 2 rings (SSSR count). The van der Waals surface area contributed by atoms with Crippen LogP contribution < -0.4 is 11.2 Å². The average Bonchev–Trinajstić information content (AvgIpc) is 2.51. The summed E-state index contributed by atoms with van der Waals surface area (Å²) < 4.78 is 6.71. The Morgan fingerprint density at radius 2 is 1.64 bits per heavy atom. The molecule has 1 unspecified atom stereocenters. The second kappa shape index (κ2) is 5.82. The first kappa shape index (κ1) is 16.6. The first-order valence-electron chi connectivity index (χ1n) is 6.51. The fourth-order valence-electron chi connectivity index (χ4n) is 2.45. The first-order valence-corrected chi connectivity index (χ1v) is 6.51. The number of nitrogens with zero attached hydrogens (tertiary/aromatic N) is 2. The third-order valence-corrected chi connectivity index (χ3v) is 3.84. The summed E-state index contributed by atoms with van der Waals surface area (Å²) in [7, 11) is 2.39. The Bertz CT molecular complexity index is 679. The summed E-state index contributed by atoms with van der Waals surface area (Å²) in [4.78, 5) is 23.9. The highest BCUT2D eigenvalue weighted by atomic mass is 16.5. The van der Waals surface area contributed by atoms with E-state index in [9.17, 15) is 30.0 Å². The zero-order chi connectivity index (χ0) is 16.8. The highest BCUT2D eigenvalue weighted by Crippen LogP contribution is 2.33. The molecule has 1 aromatic rings. The van der Waals surface area contributed by atoms with Crippen molar-refractivity contribution in [3.63, 3.8) is 0 Å². The van der Waals surface area contributed by atoms with Crippen LogP contribution in [0.2, 0.25) is 0 Å². The number of aliphatic hydroxyl groups is 4. The van der Waals surface area contributed by atoms with Gasteiger partial charge in [0.2, 0.25) is 5.88 Å². The molecule has 1 fully saturated rings. The minimum absolute atomic E-state index is 0.443. The van der Waals surface area contributed by atoms with Crippen LogP contribution in [-0.4, -0.2) is 65.7 Å². The maximum absolute atomic E-state index is 12.2. The second-order valence-electron chi connectivity index (χ2n) is 5.19. The van der Waals surface area contributed by atoms with Crippen molar-refractivity contribution in [1.29, 1.82) is 0 Å². The third kappa shape index (κ3) is 2.34. The van der Waals surface area contributed by atoms with Crippen molar-refractivity contribution in [2.75, 3.05) is 6.61 Å². The van der Waals surface area contributed by atoms with Gasteiger partial charge >= 0.3 is 5.69 Å². The lowest BCUT2D eigenvalue weighted by atomic mass is 9.92. The maximum Gasteiger partial charge on any atom is 0.333 e. The van der Waals surface area contributed by atoms with Gasteiger partial charge in [0.25, 0.3) is 5.56 Å². The third-order valence-electron chi connectivity index (χ3n) is 3.84. The molecule has 0 spiro atoms. The van der Waals surface area contributed by atoms with Gasteiger partial charge in [-0.2, -0.15) is 0 Å². The van der Waals surface area contributed by atoms with Gasteiger partial charge in [0, 0.05) is 14.1 Å². The molecule has 0 saturated carbocycles. The van der Waals surface area contributed by atoms with E-state index in [0.717, 1.165) is 4.57 Å². The molecule has 5 atom stereocenters. The first-order chi connectivity index (χ1) is 10.2. The topological polar surface area (TPSA) is 154 Å². The van der Waals surface area contributed by atoms with Crippen LogP contribution in [-0.2, 0) is 18.8 Å². The van der Waals surface area contributed by atoms with Gasteiger partial charge in [-0.3, -0.25) is 13.9 Å².